The van der Waals surface area contributed by atoms with Gasteiger partial charge in [0.15, 0.2) is 0 Å². The number of hydrogen-bond acceptors (Lipinski definition) is 4. The zero-order valence-corrected chi connectivity index (χ0v) is 14.6. The standard InChI is InChI=1S/C16H24N2O2S2/c1-22(19,20)18-9-4-6-14(18)11-17-16-12-21-10-8-13-5-2-3-7-15(13)16/h2-3,5,7,14,16-17H,4,6,8-12H2,1H3/t14-,16+/m1/s1. The molecule has 2 heterocycles. The van der Waals surface area contributed by atoms with Crippen molar-refractivity contribution in [2.24, 2.45) is 0 Å². The zero-order chi connectivity index (χ0) is 15.6. The van der Waals surface area contributed by atoms with Crippen molar-refractivity contribution in [3.05, 3.63) is 35.4 Å². The molecule has 22 heavy (non-hydrogen) atoms. The lowest BCUT2D eigenvalue weighted by Gasteiger charge is -2.26. The molecule has 0 radical (unpaired) electrons. The molecular formula is C16H24N2O2S2. The number of fused-ring (bicyclic) bond motifs is 1. The van der Waals surface area contributed by atoms with Crippen LogP contribution in [0.4, 0.5) is 0 Å². The van der Waals surface area contributed by atoms with Gasteiger partial charge in [-0.1, -0.05) is 24.3 Å². The minimum absolute atomic E-state index is 0.107. The molecule has 0 unspecified atom stereocenters. The number of nitrogens with one attached hydrogen (secondary N) is 1. The second-order valence-electron chi connectivity index (χ2n) is 6.15. The van der Waals surface area contributed by atoms with Gasteiger partial charge in [0.1, 0.15) is 0 Å². The minimum atomic E-state index is -3.08. The fourth-order valence-electron chi connectivity index (χ4n) is 3.47. The van der Waals surface area contributed by atoms with Crippen LogP contribution in [0.15, 0.2) is 24.3 Å². The summed E-state index contributed by atoms with van der Waals surface area (Å²) in [6.07, 6.45) is 4.37. The highest BCUT2D eigenvalue weighted by Crippen LogP contribution is 2.28. The quantitative estimate of drug-likeness (QED) is 0.911. The molecule has 2 aliphatic heterocycles. The summed E-state index contributed by atoms with van der Waals surface area (Å²) in [6, 6.07) is 9.06. The highest BCUT2D eigenvalue weighted by molar-refractivity contribution is 7.99. The van der Waals surface area contributed by atoms with Gasteiger partial charge in [-0.05, 0) is 36.1 Å². The Kier molecular flexibility index (Phi) is 5.12. The zero-order valence-electron chi connectivity index (χ0n) is 13.0. The summed E-state index contributed by atoms with van der Waals surface area (Å²) in [5.41, 5.74) is 2.81. The van der Waals surface area contributed by atoms with Crippen LogP contribution in [-0.2, 0) is 16.4 Å². The second-order valence-corrected chi connectivity index (χ2v) is 9.24. The van der Waals surface area contributed by atoms with Gasteiger partial charge >= 0.3 is 0 Å². The molecule has 1 aromatic carbocycles. The fourth-order valence-corrected chi connectivity index (χ4v) is 5.72. The number of hydrogen-bond donors (Lipinski definition) is 1. The summed E-state index contributed by atoms with van der Waals surface area (Å²) in [5, 5.41) is 3.63. The SMILES string of the molecule is CS(=O)(=O)N1CCC[C@@H]1CN[C@H]1CSCCc2ccccc21. The van der Waals surface area contributed by atoms with E-state index in [0.29, 0.717) is 12.6 Å². The molecule has 0 amide bonds. The number of aryl methyl sites for hydroxylation is 1. The molecule has 2 aliphatic rings. The van der Waals surface area contributed by atoms with Gasteiger partial charge in [-0.25, -0.2) is 8.42 Å². The average Bonchev–Trinajstić information content (AvgIpc) is 2.87. The van der Waals surface area contributed by atoms with Crippen LogP contribution >= 0.6 is 11.8 Å². The first-order valence-corrected chi connectivity index (χ1v) is 10.9. The predicted octanol–water partition coefficient (Wildman–Crippen LogP) is 2.03. The van der Waals surface area contributed by atoms with Crippen LogP contribution < -0.4 is 5.32 Å². The van der Waals surface area contributed by atoms with E-state index < -0.39 is 10.0 Å². The third kappa shape index (κ3) is 3.67. The Hall–Kier alpha value is -0.560. The fraction of sp³-hybridized carbons (Fsp3) is 0.625. The molecule has 1 saturated heterocycles. The average molecular weight is 341 g/mol. The van der Waals surface area contributed by atoms with Crippen LogP contribution in [0.25, 0.3) is 0 Å². The highest BCUT2D eigenvalue weighted by atomic mass is 32.2. The van der Waals surface area contributed by atoms with E-state index in [2.05, 4.69) is 29.6 Å². The molecule has 6 heteroatoms. The lowest BCUT2D eigenvalue weighted by atomic mass is 9.99. The van der Waals surface area contributed by atoms with Gasteiger partial charge in [0, 0.05) is 30.9 Å². The minimum Gasteiger partial charge on any atom is -0.308 e. The number of nitrogens with zero attached hydrogens (tertiary/aromatic N) is 1. The maximum absolute atomic E-state index is 11.8. The van der Waals surface area contributed by atoms with Crippen molar-refractivity contribution in [2.45, 2.75) is 31.3 Å². The van der Waals surface area contributed by atoms with Gasteiger partial charge < -0.3 is 5.32 Å². The first kappa shape index (κ1) is 16.3. The molecule has 1 N–H and O–H groups in total. The van der Waals surface area contributed by atoms with Crippen LogP contribution in [0.3, 0.4) is 0 Å². The first-order valence-electron chi connectivity index (χ1n) is 7.91. The van der Waals surface area contributed by atoms with Crippen LogP contribution in [0.5, 0.6) is 0 Å². The molecule has 0 bridgehead atoms. The summed E-state index contributed by atoms with van der Waals surface area (Å²) in [4.78, 5) is 0. The third-order valence-corrected chi connectivity index (χ3v) is 6.97. The summed E-state index contributed by atoms with van der Waals surface area (Å²) in [6.45, 7) is 1.41. The van der Waals surface area contributed by atoms with Gasteiger partial charge in [-0.3, -0.25) is 0 Å². The lowest BCUT2D eigenvalue weighted by molar-refractivity contribution is 0.364. The van der Waals surface area contributed by atoms with E-state index in [0.717, 1.165) is 37.3 Å². The Balaban J connectivity index is 1.69. The molecule has 0 spiro atoms. The summed E-state index contributed by atoms with van der Waals surface area (Å²) in [7, 11) is -3.08. The van der Waals surface area contributed by atoms with Crippen molar-refractivity contribution in [3.8, 4) is 0 Å². The topological polar surface area (TPSA) is 49.4 Å². The molecule has 0 aromatic heterocycles. The number of benzene rings is 1. The van der Waals surface area contributed by atoms with Crippen LogP contribution in [0.1, 0.15) is 30.0 Å². The number of rotatable bonds is 4. The van der Waals surface area contributed by atoms with Gasteiger partial charge in [0.2, 0.25) is 10.0 Å². The lowest BCUT2D eigenvalue weighted by Crippen LogP contribution is -2.42. The maximum Gasteiger partial charge on any atom is 0.211 e. The van der Waals surface area contributed by atoms with Gasteiger partial charge in [0.05, 0.1) is 6.26 Å². The van der Waals surface area contributed by atoms with E-state index in [1.54, 1.807) is 4.31 Å². The Labute approximate surface area is 137 Å². The summed E-state index contributed by atoms with van der Waals surface area (Å²) in [5.74, 6) is 2.22. The normalized spacial score (nSPS) is 26.6. The molecule has 4 nitrogen and oxygen atoms in total. The molecular weight excluding hydrogens is 316 g/mol. The van der Waals surface area contributed by atoms with Crippen molar-refractivity contribution >= 4 is 21.8 Å². The number of sulfonamides is 1. The smallest absolute Gasteiger partial charge is 0.211 e. The molecule has 122 valence electrons. The van der Waals surface area contributed by atoms with Gasteiger partial charge in [-0.15, -0.1) is 0 Å². The van der Waals surface area contributed by atoms with Gasteiger partial charge in [0.25, 0.3) is 0 Å². The summed E-state index contributed by atoms with van der Waals surface area (Å²) >= 11 is 1.97. The van der Waals surface area contributed by atoms with Crippen molar-refractivity contribution in [2.75, 3.05) is 30.9 Å². The van der Waals surface area contributed by atoms with E-state index in [1.807, 2.05) is 11.8 Å². The van der Waals surface area contributed by atoms with Crippen LogP contribution in [0, 0.1) is 0 Å². The molecule has 0 saturated carbocycles. The second kappa shape index (κ2) is 6.91. The van der Waals surface area contributed by atoms with Crippen molar-refractivity contribution in [1.82, 2.24) is 9.62 Å². The Morgan fingerprint density at radius 3 is 3.00 bits per heavy atom. The van der Waals surface area contributed by atoms with Crippen LogP contribution in [0.2, 0.25) is 0 Å². The Morgan fingerprint density at radius 1 is 1.36 bits per heavy atom. The van der Waals surface area contributed by atoms with Crippen molar-refractivity contribution in [3.63, 3.8) is 0 Å². The largest absolute Gasteiger partial charge is 0.308 e. The van der Waals surface area contributed by atoms with E-state index in [4.69, 9.17) is 0 Å². The van der Waals surface area contributed by atoms with Crippen molar-refractivity contribution in [1.29, 1.82) is 0 Å². The first-order chi connectivity index (χ1) is 10.6. The van der Waals surface area contributed by atoms with Gasteiger partial charge in [-0.2, -0.15) is 16.1 Å². The van der Waals surface area contributed by atoms with E-state index in [1.165, 1.54) is 17.4 Å². The maximum atomic E-state index is 11.8. The molecule has 2 atom stereocenters. The Bertz CT molecular complexity index is 618. The van der Waals surface area contributed by atoms with E-state index in [-0.39, 0.29) is 6.04 Å². The molecule has 1 aromatic rings. The molecule has 0 aliphatic carbocycles. The van der Waals surface area contributed by atoms with Crippen molar-refractivity contribution < 1.29 is 8.42 Å². The Morgan fingerprint density at radius 2 is 2.18 bits per heavy atom. The third-order valence-electron chi connectivity index (χ3n) is 4.58. The summed E-state index contributed by atoms with van der Waals surface area (Å²) < 4.78 is 25.3. The molecule has 3 rings (SSSR count). The predicted molar refractivity (Wildman–Crippen MR) is 92.8 cm³/mol. The molecule has 1 fully saturated rings. The van der Waals surface area contributed by atoms with E-state index in [9.17, 15) is 8.42 Å². The van der Waals surface area contributed by atoms with Crippen LogP contribution in [-0.4, -0.2) is 49.6 Å². The van der Waals surface area contributed by atoms with E-state index >= 15 is 0 Å². The number of thioether (sulfide) groups is 1. The highest BCUT2D eigenvalue weighted by Gasteiger charge is 2.31. The monoisotopic (exact) mass is 340 g/mol.